The maximum atomic E-state index is 12.0. The number of rotatable bonds is 5. The van der Waals surface area contributed by atoms with Gasteiger partial charge in [-0.2, -0.15) is 4.98 Å². The highest BCUT2D eigenvalue weighted by atomic mass is 32.2. The van der Waals surface area contributed by atoms with E-state index >= 15 is 0 Å². The van der Waals surface area contributed by atoms with Crippen molar-refractivity contribution in [3.8, 4) is 0 Å². The lowest BCUT2D eigenvalue weighted by Crippen LogP contribution is -2.20. The number of benzene rings is 1. The van der Waals surface area contributed by atoms with Gasteiger partial charge in [-0.25, -0.2) is 4.68 Å². The standard InChI is InChI=1S/C13H18N6OS/c1-18(2)10-6-4-9(5-7-10)15-11(20)8-19-12(14)16-13(17-19)21-3/h4-7H,8H2,1-3H3,(H,15,20)(H2,14,16,17). The molecule has 8 heteroatoms. The number of carbonyl (C=O) groups is 1. The fourth-order valence-corrected chi connectivity index (χ4v) is 2.08. The summed E-state index contributed by atoms with van der Waals surface area (Å²) in [5, 5.41) is 7.48. The van der Waals surface area contributed by atoms with Gasteiger partial charge in [0.25, 0.3) is 0 Å². The second-order valence-corrected chi connectivity index (χ2v) is 5.38. The number of hydrogen-bond acceptors (Lipinski definition) is 6. The van der Waals surface area contributed by atoms with Crippen molar-refractivity contribution in [2.24, 2.45) is 0 Å². The molecule has 3 N–H and O–H groups in total. The lowest BCUT2D eigenvalue weighted by molar-refractivity contribution is -0.116. The molecule has 0 fully saturated rings. The predicted molar refractivity (Wildman–Crippen MR) is 85.6 cm³/mol. The predicted octanol–water partition coefficient (Wildman–Crippen LogP) is 1.29. The van der Waals surface area contributed by atoms with Gasteiger partial charge in [-0.1, -0.05) is 11.8 Å². The third kappa shape index (κ3) is 3.88. The summed E-state index contributed by atoms with van der Waals surface area (Å²) in [6.45, 7) is 0.0365. The topological polar surface area (TPSA) is 89.1 Å². The van der Waals surface area contributed by atoms with Crippen LogP contribution >= 0.6 is 11.8 Å². The van der Waals surface area contributed by atoms with Crippen molar-refractivity contribution >= 4 is 35.0 Å². The van der Waals surface area contributed by atoms with Crippen LogP contribution in [-0.2, 0) is 11.3 Å². The SMILES string of the molecule is CSc1nc(N)n(CC(=O)Nc2ccc(N(C)C)cc2)n1. The van der Waals surface area contributed by atoms with E-state index in [9.17, 15) is 4.79 Å². The molecule has 0 spiro atoms. The van der Waals surface area contributed by atoms with E-state index in [0.29, 0.717) is 5.16 Å². The van der Waals surface area contributed by atoms with E-state index in [4.69, 9.17) is 5.73 Å². The Morgan fingerprint density at radius 3 is 2.57 bits per heavy atom. The Kier molecular flexibility index (Phi) is 4.69. The maximum absolute atomic E-state index is 12.0. The third-order valence-electron chi connectivity index (χ3n) is 2.82. The third-order valence-corrected chi connectivity index (χ3v) is 3.36. The number of carbonyl (C=O) groups excluding carboxylic acids is 1. The quantitative estimate of drug-likeness (QED) is 0.809. The van der Waals surface area contributed by atoms with E-state index in [1.54, 1.807) is 0 Å². The molecule has 0 saturated heterocycles. The molecular weight excluding hydrogens is 288 g/mol. The Balaban J connectivity index is 1.99. The van der Waals surface area contributed by atoms with Crippen molar-refractivity contribution in [3.63, 3.8) is 0 Å². The zero-order chi connectivity index (χ0) is 15.4. The smallest absolute Gasteiger partial charge is 0.246 e. The van der Waals surface area contributed by atoms with Crippen LogP contribution in [-0.4, -0.2) is 41.0 Å². The van der Waals surface area contributed by atoms with Gasteiger partial charge in [-0.15, -0.1) is 5.10 Å². The van der Waals surface area contributed by atoms with E-state index in [1.807, 2.05) is 49.5 Å². The van der Waals surface area contributed by atoms with Crippen LogP contribution in [0.3, 0.4) is 0 Å². The van der Waals surface area contributed by atoms with Crippen LogP contribution < -0.4 is 16.0 Å². The number of thioether (sulfide) groups is 1. The second-order valence-electron chi connectivity index (χ2n) is 4.60. The summed E-state index contributed by atoms with van der Waals surface area (Å²) < 4.78 is 1.38. The average Bonchev–Trinajstić information content (AvgIpc) is 2.80. The Bertz CT molecular complexity index is 622. The minimum absolute atomic E-state index is 0.0365. The first-order valence-electron chi connectivity index (χ1n) is 6.31. The minimum atomic E-state index is -0.197. The summed E-state index contributed by atoms with van der Waals surface area (Å²) in [6, 6.07) is 7.58. The van der Waals surface area contributed by atoms with Crippen LogP contribution in [0.15, 0.2) is 29.4 Å². The van der Waals surface area contributed by atoms with Gasteiger partial charge >= 0.3 is 0 Å². The maximum Gasteiger partial charge on any atom is 0.246 e. The molecule has 112 valence electrons. The summed E-state index contributed by atoms with van der Waals surface area (Å²) in [7, 11) is 3.93. The van der Waals surface area contributed by atoms with E-state index in [1.165, 1.54) is 16.4 Å². The van der Waals surface area contributed by atoms with Crippen LogP contribution in [0.1, 0.15) is 0 Å². The molecule has 0 aliphatic carbocycles. The van der Waals surface area contributed by atoms with Crippen molar-refractivity contribution in [1.29, 1.82) is 0 Å². The van der Waals surface area contributed by atoms with Gasteiger partial charge in [-0.3, -0.25) is 4.79 Å². The molecule has 1 aromatic carbocycles. The molecule has 0 unspecified atom stereocenters. The molecule has 0 saturated carbocycles. The number of nitrogens with two attached hydrogens (primary N) is 1. The lowest BCUT2D eigenvalue weighted by Gasteiger charge is -2.13. The van der Waals surface area contributed by atoms with E-state index in [2.05, 4.69) is 15.4 Å². The van der Waals surface area contributed by atoms with E-state index in [-0.39, 0.29) is 18.4 Å². The van der Waals surface area contributed by atoms with Crippen LogP contribution in [0.2, 0.25) is 0 Å². The van der Waals surface area contributed by atoms with Gasteiger partial charge in [0.05, 0.1) is 0 Å². The molecule has 0 aliphatic heterocycles. The lowest BCUT2D eigenvalue weighted by atomic mass is 10.2. The normalized spacial score (nSPS) is 10.4. The number of aromatic nitrogens is 3. The van der Waals surface area contributed by atoms with Crippen molar-refractivity contribution in [3.05, 3.63) is 24.3 Å². The molecule has 1 aromatic heterocycles. The van der Waals surface area contributed by atoms with Crippen LogP contribution in [0.4, 0.5) is 17.3 Å². The van der Waals surface area contributed by atoms with Crippen LogP contribution in [0.5, 0.6) is 0 Å². The monoisotopic (exact) mass is 306 g/mol. The summed E-state index contributed by atoms with van der Waals surface area (Å²) in [5.41, 5.74) is 7.50. The van der Waals surface area contributed by atoms with Crippen LogP contribution in [0, 0.1) is 0 Å². The van der Waals surface area contributed by atoms with Gasteiger partial charge in [0.15, 0.2) is 0 Å². The van der Waals surface area contributed by atoms with Gasteiger partial charge in [0, 0.05) is 25.5 Å². The number of nitrogens with one attached hydrogen (secondary N) is 1. The zero-order valence-electron chi connectivity index (χ0n) is 12.2. The molecular formula is C13H18N6OS. The first-order chi connectivity index (χ1) is 9.99. The zero-order valence-corrected chi connectivity index (χ0v) is 13.0. The molecule has 1 amide bonds. The first kappa shape index (κ1) is 15.2. The average molecular weight is 306 g/mol. The first-order valence-corrected chi connectivity index (χ1v) is 7.53. The van der Waals surface area contributed by atoms with Crippen molar-refractivity contribution < 1.29 is 4.79 Å². The Labute approximate surface area is 127 Å². The van der Waals surface area contributed by atoms with E-state index in [0.717, 1.165) is 11.4 Å². The highest BCUT2D eigenvalue weighted by Crippen LogP contribution is 2.16. The summed E-state index contributed by atoms with van der Waals surface area (Å²) >= 11 is 1.38. The highest BCUT2D eigenvalue weighted by Gasteiger charge is 2.10. The largest absolute Gasteiger partial charge is 0.378 e. The second kappa shape index (κ2) is 6.49. The molecule has 0 radical (unpaired) electrons. The molecule has 0 bridgehead atoms. The van der Waals surface area contributed by atoms with Gasteiger partial charge in [-0.05, 0) is 30.5 Å². The Morgan fingerprint density at radius 2 is 2.05 bits per heavy atom. The summed E-state index contributed by atoms with van der Waals surface area (Å²) in [5.74, 6) is 0.0364. The van der Waals surface area contributed by atoms with Crippen LogP contribution in [0.25, 0.3) is 0 Å². The number of amides is 1. The fraction of sp³-hybridized carbons (Fsp3) is 0.308. The fourth-order valence-electron chi connectivity index (χ4n) is 1.71. The van der Waals surface area contributed by atoms with Crippen molar-refractivity contribution in [2.75, 3.05) is 36.3 Å². The summed E-state index contributed by atoms with van der Waals surface area (Å²) in [4.78, 5) is 18.0. The minimum Gasteiger partial charge on any atom is -0.378 e. The Hall–Kier alpha value is -2.22. The van der Waals surface area contributed by atoms with Gasteiger partial charge in [0.1, 0.15) is 6.54 Å². The molecule has 2 rings (SSSR count). The summed E-state index contributed by atoms with van der Waals surface area (Å²) in [6.07, 6.45) is 1.85. The van der Waals surface area contributed by atoms with Gasteiger partial charge < -0.3 is 16.0 Å². The van der Waals surface area contributed by atoms with Crippen molar-refractivity contribution in [1.82, 2.24) is 14.8 Å². The molecule has 7 nitrogen and oxygen atoms in total. The molecule has 21 heavy (non-hydrogen) atoms. The van der Waals surface area contributed by atoms with E-state index < -0.39 is 0 Å². The molecule has 2 aromatic rings. The van der Waals surface area contributed by atoms with Crippen molar-refractivity contribution in [2.45, 2.75) is 11.7 Å². The number of nitrogens with zero attached hydrogens (tertiary/aromatic N) is 4. The molecule has 1 heterocycles. The Morgan fingerprint density at radius 1 is 1.38 bits per heavy atom. The molecule has 0 atom stereocenters. The number of anilines is 3. The molecule has 0 aliphatic rings. The number of hydrogen-bond donors (Lipinski definition) is 2. The van der Waals surface area contributed by atoms with Gasteiger partial charge in [0.2, 0.25) is 17.0 Å². The number of nitrogen functional groups attached to an aromatic ring is 1. The highest BCUT2D eigenvalue weighted by molar-refractivity contribution is 7.98.